The molecule has 100 valence electrons. The van der Waals surface area contributed by atoms with Gasteiger partial charge in [0.25, 0.3) is 0 Å². The highest BCUT2D eigenvalue weighted by Gasteiger charge is 2.31. The van der Waals surface area contributed by atoms with Gasteiger partial charge in [-0.25, -0.2) is 0 Å². The van der Waals surface area contributed by atoms with Gasteiger partial charge >= 0.3 is 0 Å². The predicted molar refractivity (Wildman–Crippen MR) is 77.0 cm³/mol. The van der Waals surface area contributed by atoms with Crippen LogP contribution in [0.4, 0.5) is 0 Å². The lowest BCUT2D eigenvalue weighted by atomic mass is 9.82. The summed E-state index contributed by atoms with van der Waals surface area (Å²) in [6, 6.07) is 6.70. The second-order valence-corrected chi connectivity index (χ2v) is 7.38. The van der Waals surface area contributed by atoms with Crippen molar-refractivity contribution in [3.63, 3.8) is 0 Å². The van der Waals surface area contributed by atoms with Crippen molar-refractivity contribution < 1.29 is 4.74 Å². The van der Waals surface area contributed by atoms with E-state index in [1.54, 1.807) is 0 Å². The van der Waals surface area contributed by atoms with Gasteiger partial charge in [-0.2, -0.15) is 0 Å². The molecule has 0 bridgehead atoms. The van der Waals surface area contributed by atoms with Crippen molar-refractivity contribution >= 4 is 0 Å². The van der Waals surface area contributed by atoms with E-state index in [1.807, 2.05) is 0 Å². The third kappa shape index (κ3) is 2.77. The minimum absolute atomic E-state index is 0.0655. The van der Waals surface area contributed by atoms with Gasteiger partial charge in [-0.1, -0.05) is 39.0 Å². The number of fused-ring (bicyclic) bond motifs is 1. The molecule has 0 saturated heterocycles. The molecule has 2 rings (SSSR count). The lowest BCUT2D eigenvalue weighted by molar-refractivity contribution is -0.0605. The van der Waals surface area contributed by atoms with Gasteiger partial charge in [0.15, 0.2) is 0 Å². The molecule has 0 spiro atoms. The van der Waals surface area contributed by atoms with Crippen molar-refractivity contribution in [1.29, 1.82) is 0 Å². The molecule has 0 amide bonds. The summed E-state index contributed by atoms with van der Waals surface area (Å²) >= 11 is 0. The first-order valence-electron chi connectivity index (χ1n) is 6.98. The summed E-state index contributed by atoms with van der Waals surface area (Å²) in [5, 5.41) is 0. The molecule has 18 heavy (non-hydrogen) atoms. The highest BCUT2D eigenvalue weighted by Crippen LogP contribution is 2.41. The molecule has 1 aromatic rings. The summed E-state index contributed by atoms with van der Waals surface area (Å²) in [5.41, 5.74) is 4.59. The van der Waals surface area contributed by atoms with Crippen molar-refractivity contribution in [1.82, 2.24) is 0 Å². The Balaban J connectivity index is 2.35. The standard InChI is InChI=1S/C17H26O/c1-16(2,3)14-9-7-8-13-12(14)10-11-15(13)18-17(4,5)6/h7-9,15H,10-11H2,1-6H3. The molecule has 0 aliphatic heterocycles. The van der Waals surface area contributed by atoms with E-state index >= 15 is 0 Å². The van der Waals surface area contributed by atoms with Gasteiger partial charge < -0.3 is 4.74 Å². The van der Waals surface area contributed by atoms with E-state index < -0.39 is 0 Å². The van der Waals surface area contributed by atoms with Gasteiger partial charge in [-0.3, -0.25) is 0 Å². The zero-order chi connectivity index (χ0) is 13.6. The van der Waals surface area contributed by atoms with E-state index in [9.17, 15) is 0 Å². The zero-order valence-corrected chi connectivity index (χ0v) is 12.6. The van der Waals surface area contributed by atoms with Gasteiger partial charge in [0.2, 0.25) is 0 Å². The molecule has 0 radical (unpaired) electrons. The van der Waals surface area contributed by atoms with E-state index in [0.29, 0.717) is 0 Å². The zero-order valence-electron chi connectivity index (χ0n) is 12.6. The minimum atomic E-state index is -0.0655. The van der Waals surface area contributed by atoms with Crippen LogP contribution in [0, 0.1) is 0 Å². The maximum absolute atomic E-state index is 6.19. The van der Waals surface area contributed by atoms with E-state index in [1.165, 1.54) is 16.7 Å². The number of hydrogen-bond acceptors (Lipinski definition) is 1. The van der Waals surface area contributed by atoms with Crippen molar-refractivity contribution in [2.45, 2.75) is 71.5 Å². The number of rotatable bonds is 1. The summed E-state index contributed by atoms with van der Waals surface area (Å²) in [5.74, 6) is 0. The van der Waals surface area contributed by atoms with Crippen molar-refractivity contribution in [2.75, 3.05) is 0 Å². The maximum Gasteiger partial charge on any atom is 0.0838 e. The quantitative estimate of drug-likeness (QED) is 0.692. The SMILES string of the molecule is CC(C)(C)OC1CCc2c1cccc2C(C)(C)C. The summed E-state index contributed by atoms with van der Waals surface area (Å²) in [6.45, 7) is 13.3. The second-order valence-electron chi connectivity index (χ2n) is 7.38. The molecule has 1 aliphatic carbocycles. The van der Waals surface area contributed by atoms with Gasteiger partial charge in [0.05, 0.1) is 11.7 Å². The lowest BCUT2D eigenvalue weighted by Crippen LogP contribution is -2.21. The first-order valence-corrected chi connectivity index (χ1v) is 6.98. The number of hydrogen-bond donors (Lipinski definition) is 0. The molecule has 1 nitrogen and oxygen atoms in total. The number of benzene rings is 1. The average molecular weight is 246 g/mol. The normalized spacial score (nSPS) is 20.0. The fourth-order valence-corrected chi connectivity index (χ4v) is 2.87. The molecule has 0 fully saturated rings. The van der Waals surface area contributed by atoms with Crippen LogP contribution in [0.25, 0.3) is 0 Å². The van der Waals surface area contributed by atoms with Crippen LogP contribution in [-0.2, 0) is 16.6 Å². The van der Waals surface area contributed by atoms with Crippen molar-refractivity contribution in [2.24, 2.45) is 0 Å². The van der Waals surface area contributed by atoms with Gasteiger partial charge in [-0.05, 0) is 55.7 Å². The van der Waals surface area contributed by atoms with Crippen LogP contribution in [0.3, 0.4) is 0 Å². The lowest BCUT2D eigenvalue weighted by Gasteiger charge is -2.26. The Kier molecular flexibility index (Phi) is 3.31. The summed E-state index contributed by atoms with van der Waals surface area (Å²) in [4.78, 5) is 0. The highest BCUT2D eigenvalue weighted by atomic mass is 16.5. The Labute approximate surface area is 112 Å². The van der Waals surface area contributed by atoms with Crippen LogP contribution < -0.4 is 0 Å². The van der Waals surface area contributed by atoms with E-state index in [2.05, 4.69) is 59.7 Å². The Hall–Kier alpha value is -0.820. The van der Waals surface area contributed by atoms with E-state index in [4.69, 9.17) is 4.74 Å². The molecule has 0 N–H and O–H groups in total. The first-order chi connectivity index (χ1) is 8.18. The summed E-state index contributed by atoms with van der Waals surface area (Å²) < 4.78 is 6.19. The van der Waals surface area contributed by atoms with E-state index in [-0.39, 0.29) is 17.1 Å². The van der Waals surface area contributed by atoms with Crippen LogP contribution in [0.2, 0.25) is 0 Å². The molecule has 1 unspecified atom stereocenters. The molecular weight excluding hydrogens is 220 g/mol. The number of ether oxygens (including phenoxy) is 1. The molecule has 1 atom stereocenters. The van der Waals surface area contributed by atoms with Crippen LogP contribution in [0.5, 0.6) is 0 Å². The molecule has 1 aromatic carbocycles. The Morgan fingerprint density at radius 2 is 1.72 bits per heavy atom. The van der Waals surface area contributed by atoms with Crippen LogP contribution in [0.15, 0.2) is 18.2 Å². The van der Waals surface area contributed by atoms with Crippen LogP contribution >= 0.6 is 0 Å². The van der Waals surface area contributed by atoms with E-state index in [0.717, 1.165) is 12.8 Å². The highest BCUT2D eigenvalue weighted by molar-refractivity contribution is 5.43. The smallest absolute Gasteiger partial charge is 0.0838 e. The molecule has 1 aliphatic rings. The minimum Gasteiger partial charge on any atom is -0.368 e. The topological polar surface area (TPSA) is 9.23 Å². The Morgan fingerprint density at radius 1 is 1.06 bits per heavy atom. The summed E-state index contributed by atoms with van der Waals surface area (Å²) in [7, 11) is 0. The predicted octanol–water partition coefficient (Wildman–Crippen LogP) is 4.79. The van der Waals surface area contributed by atoms with Crippen LogP contribution in [0.1, 0.15) is 70.8 Å². The van der Waals surface area contributed by atoms with Crippen molar-refractivity contribution in [3.8, 4) is 0 Å². The van der Waals surface area contributed by atoms with Gasteiger partial charge in [0, 0.05) is 0 Å². The first kappa shape index (κ1) is 13.6. The fraction of sp³-hybridized carbons (Fsp3) is 0.647. The third-order valence-electron chi connectivity index (χ3n) is 3.52. The fourth-order valence-electron chi connectivity index (χ4n) is 2.87. The van der Waals surface area contributed by atoms with Gasteiger partial charge in [0.1, 0.15) is 0 Å². The molecule has 1 heteroatoms. The second kappa shape index (κ2) is 4.38. The molecular formula is C17H26O. The average Bonchev–Trinajstić information content (AvgIpc) is 2.57. The Morgan fingerprint density at radius 3 is 2.28 bits per heavy atom. The molecule has 0 aromatic heterocycles. The molecule has 0 saturated carbocycles. The largest absolute Gasteiger partial charge is 0.368 e. The Bertz CT molecular complexity index is 432. The molecule has 0 heterocycles. The maximum atomic E-state index is 6.19. The monoisotopic (exact) mass is 246 g/mol. The van der Waals surface area contributed by atoms with Crippen LogP contribution in [-0.4, -0.2) is 5.60 Å². The summed E-state index contributed by atoms with van der Waals surface area (Å²) in [6.07, 6.45) is 2.56. The third-order valence-corrected chi connectivity index (χ3v) is 3.52. The van der Waals surface area contributed by atoms with Gasteiger partial charge in [-0.15, -0.1) is 0 Å². The van der Waals surface area contributed by atoms with Crippen molar-refractivity contribution in [3.05, 3.63) is 34.9 Å².